The Bertz CT molecular complexity index is 1440. The van der Waals surface area contributed by atoms with Crippen LogP contribution in [-0.4, -0.2) is 50.9 Å². The lowest BCUT2D eigenvalue weighted by Gasteiger charge is -2.32. The molecule has 3 rings (SSSR count). The van der Waals surface area contributed by atoms with Crippen molar-refractivity contribution in [2.45, 2.75) is 50.7 Å². The zero-order valence-electron chi connectivity index (χ0n) is 22.8. The van der Waals surface area contributed by atoms with Gasteiger partial charge in [-0.05, 0) is 56.7 Å². The number of sulfonamides is 1. The Hall–Kier alpha value is -3.63. The molecule has 0 bridgehead atoms. The first kappa shape index (κ1) is 30.9. The number of benzene rings is 3. The van der Waals surface area contributed by atoms with Crippen molar-refractivity contribution in [1.29, 1.82) is 0 Å². The Morgan fingerprint density at radius 1 is 1.02 bits per heavy atom. The maximum absolute atomic E-state index is 14.6. The summed E-state index contributed by atoms with van der Waals surface area (Å²) in [4.78, 5) is 28.1. The lowest BCUT2D eigenvalue weighted by atomic mass is 10.1. The summed E-state index contributed by atoms with van der Waals surface area (Å²) in [5.41, 5.74) is 0.301. The Morgan fingerprint density at radius 3 is 2.27 bits per heavy atom. The molecule has 0 saturated carbocycles. The molecule has 0 radical (unpaired) electrons. The van der Waals surface area contributed by atoms with Gasteiger partial charge in [-0.25, -0.2) is 12.8 Å². The van der Waals surface area contributed by atoms with Gasteiger partial charge in [0.15, 0.2) is 0 Å². The number of carbonyl (C=O) groups is 2. The monoisotopic (exact) mass is 589 g/mol. The van der Waals surface area contributed by atoms with Gasteiger partial charge in [0.25, 0.3) is 10.0 Å². The van der Waals surface area contributed by atoms with Crippen LogP contribution < -0.4 is 14.4 Å². The van der Waals surface area contributed by atoms with Crippen LogP contribution in [-0.2, 0) is 26.2 Å². The molecule has 2 amide bonds. The van der Waals surface area contributed by atoms with E-state index in [0.717, 1.165) is 4.31 Å². The molecule has 3 aromatic carbocycles. The van der Waals surface area contributed by atoms with Gasteiger partial charge in [0.1, 0.15) is 24.2 Å². The topological polar surface area (TPSA) is 96.0 Å². The van der Waals surface area contributed by atoms with Crippen molar-refractivity contribution in [3.8, 4) is 5.75 Å². The number of halogens is 2. The molecule has 0 saturated heterocycles. The largest absolute Gasteiger partial charge is 0.495 e. The van der Waals surface area contributed by atoms with Gasteiger partial charge in [0.05, 0.1) is 22.7 Å². The molecule has 0 fully saturated rings. The van der Waals surface area contributed by atoms with Gasteiger partial charge in [-0.1, -0.05) is 54.9 Å². The highest BCUT2D eigenvalue weighted by molar-refractivity contribution is 7.92. The molecule has 40 heavy (non-hydrogen) atoms. The lowest BCUT2D eigenvalue weighted by molar-refractivity contribution is -0.139. The Labute approximate surface area is 239 Å². The number of nitrogens with one attached hydrogen (secondary N) is 1. The maximum Gasteiger partial charge on any atom is 0.264 e. The van der Waals surface area contributed by atoms with E-state index in [4.69, 9.17) is 16.3 Å². The number of hydrogen-bond acceptors (Lipinski definition) is 5. The fraction of sp³-hybridized carbons (Fsp3) is 0.310. The van der Waals surface area contributed by atoms with Crippen molar-refractivity contribution in [3.63, 3.8) is 0 Å². The van der Waals surface area contributed by atoms with Gasteiger partial charge in [0, 0.05) is 18.2 Å². The van der Waals surface area contributed by atoms with E-state index in [2.05, 4.69) is 5.32 Å². The number of methoxy groups -OCH3 is 1. The molecular weight excluding hydrogens is 557 g/mol. The quantitative estimate of drug-likeness (QED) is 0.320. The predicted octanol–water partition coefficient (Wildman–Crippen LogP) is 5.02. The van der Waals surface area contributed by atoms with E-state index in [-0.39, 0.29) is 33.8 Å². The SMILES string of the molecule is CCC(C)NC(=O)C(C)N(Cc1ccccc1F)C(=O)CN(c1ccc(OC)c(Cl)c1)S(=O)(=O)c1ccccc1. The summed E-state index contributed by atoms with van der Waals surface area (Å²) in [6.45, 7) is 4.34. The van der Waals surface area contributed by atoms with E-state index in [1.165, 1.54) is 67.5 Å². The van der Waals surface area contributed by atoms with Crippen LogP contribution in [0.4, 0.5) is 10.1 Å². The van der Waals surface area contributed by atoms with Gasteiger partial charge >= 0.3 is 0 Å². The lowest BCUT2D eigenvalue weighted by Crippen LogP contribution is -2.52. The smallest absolute Gasteiger partial charge is 0.264 e. The summed E-state index contributed by atoms with van der Waals surface area (Å²) in [5, 5.41) is 2.98. The van der Waals surface area contributed by atoms with Crippen molar-refractivity contribution in [2.75, 3.05) is 18.0 Å². The highest BCUT2D eigenvalue weighted by atomic mass is 35.5. The molecule has 1 N–H and O–H groups in total. The third-order valence-electron chi connectivity index (χ3n) is 6.50. The Morgan fingerprint density at radius 2 is 1.68 bits per heavy atom. The van der Waals surface area contributed by atoms with Crippen molar-refractivity contribution >= 4 is 39.1 Å². The molecule has 0 heterocycles. The van der Waals surface area contributed by atoms with E-state index in [1.807, 2.05) is 13.8 Å². The number of nitrogens with zero attached hydrogens (tertiary/aromatic N) is 2. The highest BCUT2D eigenvalue weighted by Gasteiger charge is 2.33. The molecular formula is C29H33ClFN3O5S. The average molecular weight is 590 g/mol. The van der Waals surface area contributed by atoms with Gasteiger partial charge < -0.3 is 15.0 Å². The normalized spacial score (nSPS) is 12.8. The molecule has 0 aromatic heterocycles. The molecule has 8 nitrogen and oxygen atoms in total. The van der Waals surface area contributed by atoms with Crippen LogP contribution in [0.2, 0.25) is 5.02 Å². The molecule has 214 valence electrons. The molecule has 11 heteroatoms. The van der Waals surface area contributed by atoms with Crippen LogP contribution in [0.25, 0.3) is 0 Å². The second-order valence-electron chi connectivity index (χ2n) is 9.25. The first-order chi connectivity index (χ1) is 19.0. The van der Waals surface area contributed by atoms with Crippen LogP contribution >= 0.6 is 11.6 Å². The minimum Gasteiger partial charge on any atom is -0.495 e. The minimum atomic E-state index is -4.26. The average Bonchev–Trinajstić information content (AvgIpc) is 2.95. The summed E-state index contributed by atoms with van der Waals surface area (Å²) in [5.74, 6) is -1.37. The first-order valence-corrected chi connectivity index (χ1v) is 14.6. The summed E-state index contributed by atoms with van der Waals surface area (Å²) < 4.78 is 48.3. The van der Waals surface area contributed by atoms with Gasteiger partial charge in [-0.15, -0.1) is 0 Å². The molecule has 3 aromatic rings. The van der Waals surface area contributed by atoms with Crippen LogP contribution in [0.5, 0.6) is 5.75 Å². The number of anilines is 1. The number of carbonyl (C=O) groups excluding carboxylic acids is 2. The summed E-state index contributed by atoms with van der Waals surface area (Å²) >= 11 is 6.31. The number of hydrogen-bond donors (Lipinski definition) is 1. The predicted molar refractivity (Wildman–Crippen MR) is 153 cm³/mol. The molecule has 0 aliphatic carbocycles. The van der Waals surface area contributed by atoms with Crippen LogP contribution in [0.15, 0.2) is 77.7 Å². The zero-order valence-corrected chi connectivity index (χ0v) is 24.4. The fourth-order valence-corrected chi connectivity index (χ4v) is 5.60. The molecule has 0 aliphatic rings. The van der Waals surface area contributed by atoms with E-state index in [1.54, 1.807) is 24.3 Å². The van der Waals surface area contributed by atoms with E-state index in [9.17, 15) is 22.4 Å². The first-order valence-electron chi connectivity index (χ1n) is 12.7. The fourth-order valence-electron chi connectivity index (χ4n) is 3.92. The maximum atomic E-state index is 14.6. The van der Waals surface area contributed by atoms with Crippen molar-refractivity contribution in [3.05, 3.63) is 89.2 Å². The van der Waals surface area contributed by atoms with Crippen LogP contribution in [0, 0.1) is 5.82 Å². The summed E-state index contributed by atoms with van der Waals surface area (Å²) in [6, 6.07) is 16.7. The number of rotatable bonds is 12. The zero-order chi connectivity index (χ0) is 29.4. The number of ether oxygens (including phenoxy) is 1. The van der Waals surface area contributed by atoms with Gasteiger partial charge in [-0.3, -0.25) is 13.9 Å². The van der Waals surface area contributed by atoms with E-state index >= 15 is 0 Å². The Balaban J connectivity index is 2.06. The number of amides is 2. The molecule has 0 aliphatic heterocycles. The Kier molecular flexibility index (Phi) is 10.5. The van der Waals surface area contributed by atoms with E-state index < -0.39 is 40.2 Å². The van der Waals surface area contributed by atoms with E-state index in [0.29, 0.717) is 12.2 Å². The summed E-state index contributed by atoms with van der Waals surface area (Å²) in [6.07, 6.45) is 0.668. The van der Waals surface area contributed by atoms with Crippen molar-refractivity contribution in [1.82, 2.24) is 10.2 Å². The molecule has 0 spiro atoms. The minimum absolute atomic E-state index is 0.0436. The third kappa shape index (κ3) is 7.31. The van der Waals surface area contributed by atoms with Gasteiger partial charge in [0.2, 0.25) is 11.8 Å². The third-order valence-corrected chi connectivity index (χ3v) is 8.58. The van der Waals surface area contributed by atoms with Crippen molar-refractivity contribution in [2.24, 2.45) is 0 Å². The second kappa shape index (κ2) is 13.6. The van der Waals surface area contributed by atoms with Crippen LogP contribution in [0.1, 0.15) is 32.8 Å². The molecule has 2 unspecified atom stereocenters. The molecule has 2 atom stereocenters. The summed E-state index contributed by atoms with van der Waals surface area (Å²) in [7, 11) is -2.83. The van der Waals surface area contributed by atoms with Crippen molar-refractivity contribution < 1.29 is 27.1 Å². The highest BCUT2D eigenvalue weighted by Crippen LogP contribution is 2.32. The van der Waals surface area contributed by atoms with Crippen LogP contribution in [0.3, 0.4) is 0 Å². The van der Waals surface area contributed by atoms with Gasteiger partial charge in [-0.2, -0.15) is 0 Å². The standard InChI is InChI=1S/C29H33ClFN3O5S/c1-5-20(2)32-29(36)21(3)33(18-22-11-9-10-14-26(22)31)28(35)19-34(23-15-16-27(39-4)25(30)17-23)40(37,38)24-12-7-6-8-13-24/h6-17,20-21H,5,18-19H2,1-4H3,(H,32,36). The second-order valence-corrected chi connectivity index (χ2v) is 11.5.